The molecule has 21 heavy (non-hydrogen) atoms. The summed E-state index contributed by atoms with van der Waals surface area (Å²) in [6.45, 7) is 8.95. The van der Waals surface area contributed by atoms with Gasteiger partial charge in [0.2, 0.25) is 0 Å². The van der Waals surface area contributed by atoms with E-state index in [1.807, 2.05) is 39.0 Å². The van der Waals surface area contributed by atoms with Gasteiger partial charge in [0, 0.05) is 12.1 Å². The zero-order valence-electron chi connectivity index (χ0n) is 12.9. The first kappa shape index (κ1) is 15.6. The minimum atomic E-state index is 0.680. The third kappa shape index (κ3) is 3.85. The van der Waals surface area contributed by atoms with Gasteiger partial charge in [-0.15, -0.1) is 0 Å². The van der Waals surface area contributed by atoms with E-state index in [9.17, 15) is 0 Å². The number of hydrogen-bond donors (Lipinski definition) is 2. The summed E-state index contributed by atoms with van der Waals surface area (Å²) in [4.78, 5) is 8.94. The van der Waals surface area contributed by atoms with Gasteiger partial charge in [-0.2, -0.15) is 0 Å². The number of hydrogen-bond acceptors (Lipinski definition) is 4. The van der Waals surface area contributed by atoms with Crippen LogP contribution < -0.4 is 10.6 Å². The standard InChI is InChI=1S/C16H21ClN4/c1-5-8-18-15-11(3)16(20-12(4)19-15)21-14-9-10(2)6-7-13(14)17/h6-7,9H,5,8H2,1-4H3,(H2,18,19,20,21). The monoisotopic (exact) mass is 304 g/mol. The van der Waals surface area contributed by atoms with E-state index in [0.717, 1.165) is 47.2 Å². The van der Waals surface area contributed by atoms with Crippen molar-refractivity contribution in [3.05, 3.63) is 40.2 Å². The van der Waals surface area contributed by atoms with Crippen molar-refractivity contribution in [1.29, 1.82) is 0 Å². The SMILES string of the molecule is CCCNc1nc(C)nc(Nc2cc(C)ccc2Cl)c1C. The molecule has 2 N–H and O–H groups in total. The first-order valence-corrected chi connectivity index (χ1v) is 7.51. The molecule has 1 aromatic carbocycles. The number of benzene rings is 1. The van der Waals surface area contributed by atoms with Crippen molar-refractivity contribution in [1.82, 2.24) is 9.97 Å². The van der Waals surface area contributed by atoms with Gasteiger partial charge in [-0.05, 0) is 44.9 Å². The van der Waals surface area contributed by atoms with E-state index >= 15 is 0 Å². The van der Waals surface area contributed by atoms with E-state index in [4.69, 9.17) is 11.6 Å². The summed E-state index contributed by atoms with van der Waals surface area (Å²) in [6, 6.07) is 5.89. The van der Waals surface area contributed by atoms with Gasteiger partial charge >= 0.3 is 0 Å². The molecule has 2 aromatic rings. The van der Waals surface area contributed by atoms with Crippen LogP contribution in [0.1, 0.15) is 30.3 Å². The Morgan fingerprint density at radius 3 is 2.52 bits per heavy atom. The molecule has 1 aromatic heterocycles. The predicted octanol–water partition coefficient (Wildman–Crippen LogP) is 4.62. The van der Waals surface area contributed by atoms with E-state index in [-0.39, 0.29) is 0 Å². The molecule has 0 aliphatic heterocycles. The summed E-state index contributed by atoms with van der Waals surface area (Å²) in [5, 5.41) is 7.33. The average molecular weight is 305 g/mol. The molecule has 0 saturated heterocycles. The third-order valence-corrected chi connectivity index (χ3v) is 3.50. The zero-order chi connectivity index (χ0) is 15.4. The second-order valence-corrected chi connectivity index (χ2v) is 5.54. The summed E-state index contributed by atoms with van der Waals surface area (Å²) in [5.41, 5.74) is 3.00. The first-order valence-electron chi connectivity index (χ1n) is 7.13. The second kappa shape index (κ2) is 6.76. The molecule has 2 rings (SSSR count). The van der Waals surface area contributed by atoms with Crippen molar-refractivity contribution in [2.75, 3.05) is 17.2 Å². The molecule has 0 spiro atoms. The maximum Gasteiger partial charge on any atom is 0.139 e. The van der Waals surface area contributed by atoms with Gasteiger partial charge in [0.1, 0.15) is 17.5 Å². The van der Waals surface area contributed by atoms with Crippen molar-refractivity contribution in [3.8, 4) is 0 Å². The van der Waals surface area contributed by atoms with E-state index in [2.05, 4.69) is 27.5 Å². The number of aryl methyl sites for hydroxylation is 2. The largest absolute Gasteiger partial charge is 0.370 e. The number of nitrogens with one attached hydrogen (secondary N) is 2. The van der Waals surface area contributed by atoms with Gasteiger partial charge in [-0.1, -0.05) is 24.6 Å². The lowest BCUT2D eigenvalue weighted by Gasteiger charge is -2.15. The molecule has 0 saturated carbocycles. The average Bonchev–Trinajstić information content (AvgIpc) is 2.44. The summed E-state index contributed by atoms with van der Waals surface area (Å²) in [6.07, 6.45) is 1.05. The molecule has 0 aliphatic carbocycles. The third-order valence-electron chi connectivity index (χ3n) is 3.18. The van der Waals surface area contributed by atoms with Crippen LogP contribution in [-0.2, 0) is 0 Å². The van der Waals surface area contributed by atoms with Gasteiger partial charge in [-0.3, -0.25) is 0 Å². The fourth-order valence-corrected chi connectivity index (χ4v) is 2.19. The van der Waals surface area contributed by atoms with Crippen LogP contribution in [-0.4, -0.2) is 16.5 Å². The molecule has 4 nitrogen and oxygen atoms in total. The van der Waals surface area contributed by atoms with E-state index in [1.54, 1.807) is 0 Å². The number of nitrogens with zero attached hydrogens (tertiary/aromatic N) is 2. The molecule has 1 heterocycles. The summed E-state index contributed by atoms with van der Waals surface area (Å²) in [7, 11) is 0. The molecule has 0 atom stereocenters. The molecule has 0 aliphatic rings. The van der Waals surface area contributed by atoms with E-state index in [0.29, 0.717) is 5.02 Å². The van der Waals surface area contributed by atoms with Crippen LogP contribution in [0.4, 0.5) is 17.3 Å². The van der Waals surface area contributed by atoms with Gasteiger partial charge < -0.3 is 10.6 Å². The van der Waals surface area contributed by atoms with Gasteiger partial charge in [0.25, 0.3) is 0 Å². The Kier molecular flexibility index (Phi) is 5.02. The van der Waals surface area contributed by atoms with Crippen LogP contribution >= 0.6 is 11.6 Å². The number of aromatic nitrogens is 2. The van der Waals surface area contributed by atoms with Crippen LogP contribution in [0.15, 0.2) is 18.2 Å². The molecule has 0 unspecified atom stereocenters. The summed E-state index contributed by atoms with van der Waals surface area (Å²) in [5.74, 6) is 2.38. The smallest absolute Gasteiger partial charge is 0.139 e. The molecule has 0 fully saturated rings. The van der Waals surface area contributed by atoms with Crippen LogP contribution in [0.5, 0.6) is 0 Å². The Balaban J connectivity index is 2.35. The molecule has 5 heteroatoms. The van der Waals surface area contributed by atoms with Gasteiger partial charge in [-0.25, -0.2) is 9.97 Å². The van der Waals surface area contributed by atoms with Gasteiger partial charge in [0.05, 0.1) is 10.7 Å². The Bertz CT molecular complexity index is 640. The molecule has 0 radical (unpaired) electrons. The highest BCUT2D eigenvalue weighted by Crippen LogP contribution is 2.28. The fraction of sp³-hybridized carbons (Fsp3) is 0.375. The maximum absolute atomic E-state index is 6.24. The number of rotatable bonds is 5. The number of anilines is 3. The molecular weight excluding hydrogens is 284 g/mol. The lowest BCUT2D eigenvalue weighted by atomic mass is 10.2. The Hall–Kier alpha value is -1.81. The Morgan fingerprint density at radius 1 is 1.10 bits per heavy atom. The van der Waals surface area contributed by atoms with Crippen molar-refractivity contribution < 1.29 is 0 Å². The Labute approximate surface area is 131 Å². The lowest BCUT2D eigenvalue weighted by molar-refractivity contribution is 0.948. The summed E-state index contributed by atoms with van der Waals surface area (Å²) >= 11 is 6.24. The molecule has 112 valence electrons. The van der Waals surface area contributed by atoms with E-state index in [1.165, 1.54) is 0 Å². The van der Waals surface area contributed by atoms with Crippen molar-refractivity contribution in [2.45, 2.75) is 34.1 Å². The highest BCUT2D eigenvalue weighted by atomic mass is 35.5. The highest BCUT2D eigenvalue weighted by molar-refractivity contribution is 6.33. The minimum Gasteiger partial charge on any atom is -0.370 e. The van der Waals surface area contributed by atoms with Crippen LogP contribution in [0, 0.1) is 20.8 Å². The molecule has 0 bridgehead atoms. The van der Waals surface area contributed by atoms with Crippen LogP contribution in [0.2, 0.25) is 5.02 Å². The topological polar surface area (TPSA) is 49.8 Å². The second-order valence-electron chi connectivity index (χ2n) is 5.13. The van der Waals surface area contributed by atoms with Crippen molar-refractivity contribution in [2.24, 2.45) is 0 Å². The summed E-state index contributed by atoms with van der Waals surface area (Å²) < 4.78 is 0. The van der Waals surface area contributed by atoms with Gasteiger partial charge in [0.15, 0.2) is 0 Å². The lowest BCUT2D eigenvalue weighted by Crippen LogP contribution is -2.09. The van der Waals surface area contributed by atoms with E-state index < -0.39 is 0 Å². The quantitative estimate of drug-likeness (QED) is 0.846. The number of halogens is 1. The van der Waals surface area contributed by atoms with Crippen LogP contribution in [0.3, 0.4) is 0 Å². The van der Waals surface area contributed by atoms with Crippen molar-refractivity contribution >= 4 is 28.9 Å². The van der Waals surface area contributed by atoms with Crippen molar-refractivity contribution in [3.63, 3.8) is 0 Å². The zero-order valence-corrected chi connectivity index (χ0v) is 13.7. The van der Waals surface area contributed by atoms with Crippen LogP contribution in [0.25, 0.3) is 0 Å². The normalized spacial score (nSPS) is 10.5. The minimum absolute atomic E-state index is 0.680. The predicted molar refractivity (Wildman–Crippen MR) is 89.8 cm³/mol. The highest BCUT2D eigenvalue weighted by Gasteiger charge is 2.10. The first-order chi connectivity index (χ1) is 10.0. The molecular formula is C16H21ClN4. The fourth-order valence-electron chi connectivity index (χ4n) is 2.03. The maximum atomic E-state index is 6.24. The molecule has 0 amide bonds. The Morgan fingerprint density at radius 2 is 1.81 bits per heavy atom.